The average Bonchev–Trinajstić information content (AvgIpc) is 3.46. The van der Waals surface area contributed by atoms with Crippen molar-refractivity contribution < 1.29 is 4.74 Å². The number of H-pyrrole nitrogens is 1. The molecule has 5 rings (SSSR count). The van der Waals surface area contributed by atoms with E-state index in [0.717, 1.165) is 45.2 Å². The number of fused-ring (bicyclic) bond motifs is 1. The summed E-state index contributed by atoms with van der Waals surface area (Å²) in [5, 5.41) is 15.8. The van der Waals surface area contributed by atoms with Crippen LogP contribution in [-0.2, 0) is 0 Å². The molecule has 0 aliphatic rings. The molecule has 5 aromatic rings. The minimum Gasteiger partial charge on any atom is -0.497 e. The fourth-order valence-corrected chi connectivity index (χ4v) is 3.17. The van der Waals surface area contributed by atoms with Gasteiger partial charge >= 0.3 is 0 Å². The number of imidazole rings is 1. The highest BCUT2D eigenvalue weighted by atomic mass is 16.5. The van der Waals surface area contributed by atoms with Crippen molar-refractivity contribution in [3.63, 3.8) is 0 Å². The van der Waals surface area contributed by atoms with Crippen LogP contribution >= 0.6 is 0 Å². The molecule has 0 bridgehead atoms. The van der Waals surface area contributed by atoms with E-state index in [0.29, 0.717) is 0 Å². The number of hydrogen-bond acceptors (Lipinski definition) is 6. The van der Waals surface area contributed by atoms with Crippen molar-refractivity contribution in [2.24, 2.45) is 0 Å². The molecular weight excluding hydrogens is 356 g/mol. The molecule has 2 aromatic carbocycles. The van der Waals surface area contributed by atoms with E-state index < -0.39 is 0 Å². The van der Waals surface area contributed by atoms with E-state index in [2.05, 4.69) is 25.6 Å². The standard InChI is InChI=1S/C19H16N8O/c1-12-16(10-21-27(12)13-3-6-15(28-2)7-4-13)19-22-17-8-5-14(9-18(17)23-19)26-11-20-24-25-26/h3-11H,1-2H3,(H,22,23). The second-order valence-electron chi connectivity index (χ2n) is 6.29. The van der Waals surface area contributed by atoms with E-state index in [1.807, 2.05) is 60.3 Å². The van der Waals surface area contributed by atoms with Gasteiger partial charge in [0.05, 0.1) is 47.0 Å². The lowest BCUT2D eigenvalue weighted by Crippen LogP contribution is -1.99. The van der Waals surface area contributed by atoms with E-state index in [1.165, 1.54) is 0 Å². The Kier molecular flexibility index (Phi) is 3.64. The summed E-state index contributed by atoms with van der Waals surface area (Å²) < 4.78 is 8.71. The molecule has 138 valence electrons. The number of hydrogen-bond donors (Lipinski definition) is 1. The summed E-state index contributed by atoms with van der Waals surface area (Å²) >= 11 is 0. The first-order valence-electron chi connectivity index (χ1n) is 8.65. The molecule has 0 saturated heterocycles. The number of methoxy groups -OCH3 is 1. The lowest BCUT2D eigenvalue weighted by atomic mass is 10.2. The maximum atomic E-state index is 5.22. The minimum atomic E-state index is 0.765. The van der Waals surface area contributed by atoms with E-state index in [9.17, 15) is 0 Å². The lowest BCUT2D eigenvalue weighted by Gasteiger charge is -2.06. The zero-order valence-electron chi connectivity index (χ0n) is 15.2. The van der Waals surface area contributed by atoms with Crippen LogP contribution in [0.1, 0.15) is 5.69 Å². The Morgan fingerprint density at radius 3 is 2.61 bits per heavy atom. The lowest BCUT2D eigenvalue weighted by molar-refractivity contribution is 0.414. The molecule has 3 heterocycles. The third kappa shape index (κ3) is 2.60. The van der Waals surface area contributed by atoms with Crippen LogP contribution in [0.3, 0.4) is 0 Å². The van der Waals surface area contributed by atoms with Gasteiger partial charge in [-0.3, -0.25) is 0 Å². The Labute approximate surface area is 159 Å². The first kappa shape index (κ1) is 16.2. The number of nitrogens with one attached hydrogen (secondary N) is 1. The average molecular weight is 372 g/mol. The van der Waals surface area contributed by atoms with Gasteiger partial charge in [0.25, 0.3) is 0 Å². The van der Waals surface area contributed by atoms with Crippen molar-refractivity contribution in [1.29, 1.82) is 0 Å². The highest BCUT2D eigenvalue weighted by Crippen LogP contribution is 2.26. The SMILES string of the molecule is COc1ccc(-n2ncc(-c3nc4ccc(-n5cnnn5)cc4[nH]3)c2C)cc1. The van der Waals surface area contributed by atoms with Crippen molar-refractivity contribution in [3.8, 4) is 28.5 Å². The number of nitrogens with zero attached hydrogens (tertiary/aromatic N) is 7. The molecule has 0 spiro atoms. The van der Waals surface area contributed by atoms with Gasteiger partial charge in [-0.15, -0.1) is 5.10 Å². The molecule has 0 saturated carbocycles. The van der Waals surface area contributed by atoms with Gasteiger partial charge in [0, 0.05) is 0 Å². The molecule has 3 aromatic heterocycles. The van der Waals surface area contributed by atoms with Crippen LogP contribution in [0, 0.1) is 6.92 Å². The van der Waals surface area contributed by atoms with E-state index in [4.69, 9.17) is 9.72 Å². The Hall–Kier alpha value is -4.01. The smallest absolute Gasteiger partial charge is 0.143 e. The van der Waals surface area contributed by atoms with Crippen molar-refractivity contribution in [2.75, 3.05) is 7.11 Å². The summed E-state index contributed by atoms with van der Waals surface area (Å²) in [6.45, 7) is 2.02. The molecule has 0 aliphatic heterocycles. The molecule has 9 heteroatoms. The summed E-state index contributed by atoms with van der Waals surface area (Å²) in [6.07, 6.45) is 3.38. The summed E-state index contributed by atoms with van der Waals surface area (Å²) in [4.78, 5) is 8.08. The van der Waals surface area contributed by atoms with Crippen LogP contribution < -0.4 is 4.74 Å². The number of tetrazole rings is 1. The van der Waals surface area contributed by atoms with E-state index in [1.54, 1.807) is 18.1 Å². The van der Waals surface area contributed by atoms with Gasteiger partial charge in [0.1, 0.15) is 17.9 Å². The number of aromatic nitrogens is 8. The van der Waals surface area contributed by atoms with Gasteiger partial charge < -0.3 is 9.72 Å². The first-order valence-corrected chi connectivity index (χ1v) is 8.65. The number of rotatable bonds is 4. The molecule has 0 unspecified atom stereocenters. The predicted molar refractivity (Wildman–Crippen MR) is 103 cm³/mol. The molecule has 1 N–H and O–H groups in total. The van der Waals surface area contributed by atoms with Crippen LogP contribution in [0.5, 0.6) is 5.75 Å². The zero-order valence-corrected chi connectivity index (χ0v) is 15.2. The third-order valence-electron chi connectivity index (χ3n) is 4.66. The maximum absolute atomic E-state index is 5.22. The largest absolute Gasteiger partial charge is 0.497 e. The van der Waals surface area contributed by atoms with Crippen molar-refractivity contribution in [3.05, 3.63) is 60.7 Å². The molecule has 0 fully saturated rings. The molecule has 9 nitrogen and oxygen atoms in total. The van der Waals surface area contributed by atoms with Gasteiger partial charge in [-0.1, -0.05) is 0 Å². The summed E-state index contributed by atoms with van der Waals surface area (Å²) in [7, 11) is 1.65. The van der Waals surface area contributed by atoms with E-state index >= 15 is 0 Å². The molecule has 0 aliphatic carbocycles. The molecular formula is C19H16N8O. The van der Waals surface area contributed by atoms with Crippen LogP contribution in [0.25, 0.3) is 33.8 Å². The molecule has 0 radical (unpaired) electrons. The molecule has 0 amide bonds. The van der Waals surface area contributed by atoms with Crippen LogP contribution in [0.15, 0.2) is 55.0 Å². The van der Waals surface area contributed by atoms with Gasteiger partial charge in [-0.2, -0.15) is 5.10 Å². The molecule has 28 heavy (non-hydrogen) atoms. The van der Waals surface area contributed by atoms with Crippen LogP contribution in [-0.4, -0.2) is 47.1 Å². The van der Waals surface area contributed by atoms with Gasteiger partial charge in [0.15, 0.2) is 0 Å². The highest BCUT2D eigenvalue weighted by Gasteiger charge is 2.14. The van der Waals surface area contributed by atoms with Gasteiger partial charge in [-0.05, 0) is 59.8 Å². The number of aromatic amines is 1. The summed E-state index contributed by atoms with van der Waals surface area (Å²) in [5.74, 6) is 1.57. The second kappa shape index (κ2) is 6.31. The van der Waals surface area contributed by atoms with Crippen LogP contribution in [0.2, 0.25) is 0 Å². The van der Waals surface area contributed by atoms with Gasteiger partial charge in [-0.25, -0.2) is 14.3 Å². The maximum Gasteiger partial charge on any atom is 0.143 e. The third-order valence-corrected chi connectivity index (χ3v) is 4.66. The van der Waals surface area contributed by atoms with E-state index in [-0.39, 0.29) is 0 Å². The Balaban J connectivity index is 1.54. The van der Waals surface area contributed by atoms with Gasteiger partial charge in [0.2, 0.25) is 0 Å². The van der Waals surface area contributed by atoms with Crippen molar-refractivity contribution in [2.45, 2.75) is 6.92 Å². The normalized spacial score (nSPS) is 11.2. The minimum absolute atomic E-state index is 0.765. The fourth-order valence-electron chi connectivity index (χ4n) is 3.17. The first-order chi connectivity index (χ1) is 13.7. The summed E-state index contributed by atoms with van der Waals surface area (Å²) in [6, 6.07) is 13.6. The predicted octanol–water partition coefficient (Wildman–Crippen LogP) is 2.71. The Bertz CT molecular complexity index is 1250. The number of ether oxygens (including phenoxy) is 1. The quantitative estimate of drug-likeness (QED) is 0.521. The van der Waals surface area contributed by atoms with Crippen molar-refractivity contribution >= 4 is 11.0 Å². The highest BCUT2D eigenvalue weighted by molar-refractivity contribution is 5.81. The summed E-state index contributed by atoms with van der Waals surface area (Å²) in [5.41, 5.74) is 5.52. The number of benzene rings is 2. The monoisotopic (exact) mass is 372 g/mol. The van der Waals surface area contributed by atoms with Crippen molar-refractivity contribution in [1.82, 2.24) is 40.0 Å². The van der Waals surface area contributed by atoms with Crippen LogP contribution in [0.4, 0.5) is 0 Å². The topological polar surface area (TPSA) is 99.3 Å². The Morgan fingerprint density at radius 2 is 1.86 bits per heavy atom. The second-order valence-corrected chi connectivity index (χ2v) is 6.29. The Morgan fingerprint density at radius 1 is 1.04 bits per heavy atom. The fraction of sp³-hybridized carbons (Fsp3) is 0.105. The zero-order chi connectivity index (χ0) is 19.1. The molecule has 0 atom stereocenters.